The Kier molecular flexibility index (Phi) is 4.26. The van der Waals surface area contributed by atoms with Crippen LogP contribution in [0, 0.1) is 11.8 Å². The van der Waals surface area contributed by atoms with Crippen molar-refractivity contribution < 1.29 is 38.7 Å². The zero-order chi connectivity index (χ0) is 20.0. The SMILES string of the molecule is COc1cc([C@H]2OC(=O)[C@@H]3[C@@H]2C(=O)O[C@H]3c2ccc(O)c(OC)c2)ccc1O. The number of benzene rings is 2. The maximum absolute atomic E-state index is 12.6. The predicted molar refractivity (Wildman–Crippen MR) is 94.0 cm³/mol. The summed E-state index contributed by atoms with van der Waals surface area (Å²) in [6.45, 7) is 0. The molecule has 0 bridgehead atoms. The Labute approximate surface area is 160 Å². The lowest BCUT2D eigenvalue weighted by atomic mass is 9.84. The lowest BCUT2D eigenvalue weighted by Gasteiger charge is -2.16. The van der Waals surface area contributed by atoms with Gasteiger partial charge in [-0.25, -0.2) is 0 Å². The second kappa shape index (κ2) is 6.63. The van der Waals surface area contributed by atoms with Crippen molar-refractivity contribution in [1.29, 1.82) is 0 Å². The maximum Gasteiger partial charge on any atom is 0.314 e. The van der Waals surface area contributed by atoms with Crippen LogP contribution in [-0.4, -0.2) is 36.4 Å². The molecule has 146 valence electrons. The monoisotopic (exact) mass is 386 g/mol. The molecule has 0 aromatic heterocycles. The Balaban J connectivity index is 1.69. The number of esters is 2. The molecule has 2 saturated heterocycles. The number of cyclic esters (lactones) is 2. The van der Waals surface area contributed by atoms with Crippen molar-refractivity contribution in [1.82, 2.24) is 0 Å². The molecule has 2 aliphatic heterocycles. The third kappa shape index (κ3) is 2.69. The number of hydrogen-bond donors (Lipinski definition) is 2. The molecule has 8 heteroatoms. The number of phenols is 2. The Bertz CT molecular complexity index is 876. The number of phenolic OH excluding ortho intramolecular Hbond substituents is 2. The highest BCUT2D eigenvalue weighted by Crippen LogP contribution is 2.52. The zero-order valence-electron chi connectivity index (χ0n) is 15.1. The molecule has 0 aliphatic carbocycles. The summed E-state index contributed by atoms with van der Waals surface area (Å²) < 4.78 is 21.2. The van der Waals surface area contributed by atoms with Crippen molar-refractivity contribution in [3.05, 3.63) is 47.5 Å². The van der Waals surface area contributed by atoms with Crippen molar-refractivity contribution >= 4 is 11.9 Å². The van der Waals surface area contributed by atoms with Crippen LogP contribution in [0.4, 0.5) is 0 Å². The minimum absolute atomic E-state index is 0.0600. The minimum atomic E-state index is -0.844. The topological polar surface area (TPSA) is 112 Å². The molecule has 2 aromatic rings. The highest BCUT2D eigenvalue weighted by Gasteiger charge is 2.60. The molecule has 8 nitrogen and oxygen atoms in total. The molecule has 2 fully saturated rings. The van der Waals surface area contributed by atoms with Gasteiger partial charge in [0, 0.05) is 0 Å². The lowest BCUT2D eigenvalue weighted by molar-refractivity contribution is -0.154. The van der Waals surface area contributed by atoms with Gasteiger partial charge in [-0.15, -0.1) is 0 Å². The average Bonchev–Trinajstić information content (AvgIpc) is 3.21. The Hall–Kier alpha value is -3.42. The predicted octanol–water partition coefficient (Wildman–Crippen LogP) is 2.24. The van der Waals surface area contributed by atoms with Crippen LogP contribution in [0.3, 0.4) is 0 Å². The number of rotatable bonds is 4. The Morgan fingerprint density at radius 1 is 0.750 bits per heavy atom. The van der Waals surface area contributed by atoms with E-state index in [0.29, 0.717) is 11.1 Å². The van der Waals surface area contributed by atoms with Gasteiger partial charge in [0.15, 0.2) is 23.0 Å². The Morgan fingerprint density at radius 3 is 1.50 bits per heavy atom. The molecule has 0 saturated carbocycles. The molecule has 4 rings (SSSR count). The van der Waals surface area contributed by atoms with Gasteiger partial charge in [0.05, 0.1) is 14.2 Å². The minimum Gasteiger partial charge on any atom is -0.504 e. The summed E-state index contributed by atoms with van der Waals surface area (Å²) >= 11 is 0. The molecule has 0 radical (unpaired) electrons. The zero-order valence-corrected chi connectivity index (χ0v) is 15.1. The number of carbonyl (C=O) groups is 2. The van der Waals surface area contributed by atoms with E-state index in [2.05, 4.69) is 0 Å². The summed E-state index contributed by atoms with van der Waals surface area (Å²) in [6.07, 6.45) is -1.69. The van der Waals surface area contributed by atoms with Gasteiger partial charge in [-0.3, -0.25) is 9.59 Å². The average molecular weight is 386 g/mol. The van der Waals surface area contributed by atoms with Crippen LogP contribution in [-0.2, 0) is 19.1 Å². The number of aromatic hydroxyl groups is 2. The molecular formula is C20H18O8. The van der Waals surface area contributed by atoms with Crippen molar-refractivity contribution in [3.8, 4) is 23.0 Å². The van der Waals surface area contributed by atoms with Crippen LogP contribution >= 0.6 is 0 Å². The van der Waals surface area contributed by atoms with Crippen molar-refractivity contribution in [2.45, 2.75) is 12.2 Å². The standard InChI is InChI=1S/C20H18O8/c1-25-13-7-9(3-5-11(13)21)17-15-16(20(24)27-17)18(28-19(15)23)10-4-6-12(22)14(8-10)26-2/h3-8,15-18,21-22H,1-2H3/t15-,16+,17+,18-. The number of fused-ring (bicyclic) bond motifs is 1. The molecule has 2 aliphatic rings. The molecule has 4 atom stereocenters. The molecular weight excluding hydrogens is 368 g/mol. The van der Waals surface area contributed by atoms with Crippen LogP contribution in [0.5, 0.6) is 23.0 Å². The molecule has 0 spiro atoms. The van der Waals surface area contributed by atoms with Crippen LogP contribution < -0.4 is 9.47 Å². The van der Waals surface area contributed by atoms with Crippen LogP contribution in [0.15, 0.2) is 36.4 Å². The van der Waals surface area contributed by atoms with Gasteiger partial charge < -0.3 is 29.2 Å². The van der Waals surface area contributed by atoms with E-state index in [9.17, 15) is 19.8 Å². The van der Waals surface area contributed by atoms with E-state index in [1.54, 1.807) is 12.1 Å². The first kappa shape index (κ1) is 18.0. The molecule has 2 N–H and O–H groups in total. The molecule has 28 heavy (non-hydrogen) atoms. The van der Waals surface area contributed by atoms with E-state index in [0.717, 1.165) is 0 Å². The van der Waals surface area contributed by atoms with E-state index in [1.807, 2.05) is 0 Å². The maximum atomic E-state index is 12.6. The van der Waals surface area contributed by atoms with Crippen molar-refractivity contribution in [2.24, 2.45) is 11.8 Å². The first-order valence-electron chi connectivity index (χ1n) is 8.59. The van der Waals surface area contributed by atoms with Gasteiger partial charge in [0.1, 0.15) is 24.0 Å². The first-order valence-corrected chi connectivity index (χ1v) is 8.59. The molecule has 0 amide bonds. The molecule has 2 heterocycles. The smallest absolute Gasteiger partial charge is 0.314 e. The van der Waals surface area contributed by atoms with E-state index in [1.165, 1.54) is 38.5 Å². The van der Waals surface area contributed by atoms with Gasteiger partial charge in [0.25, 0.3) is 0 Å². The summed E-state index contributed by atoms with van der Waals surface area (Å²) in [5.74, 6) is -2.45. The van der Waals surface area contributed by atoms with E-state index < -0.39 is 36.0 Å². The number of methoxy groups -OCH3 is 2. The third-order valence-corrected chi connectivity index (χ3v) is 5.13. The largest absolute Gasteiger partial charge is 0.504 e. The van der Waals surface area contributed by atoms with Crippen LogP contribution in [0.1, 0.15) is 23.3 Å². The number of carbonyl (C=O) groups excluding carboxylic acids is 2. The number of hydrogen-bond acceptors (Lipinski definition) is 8. The quantitative estimate of drug-likeness (QED) is 0.770. The molecule has 0 unspecified atom stereocenters. The van der Waals surface area contributed by atoms with Crippen molar-refractivity contribution in [3.63, 3.8) is 0 Å². The first-order chi connectivity index (χ1) is 13.4. The molecule has 2 aromatic carbocycles. The van der Waals surface area contributed by atoms with E-state index in [4.69, 9.17) is 18.9 Å². The second-order valence-electron chi connectivity index (χ2n) is 6.63. The van der Waals surface area contributed by atoms with Gasteiger partial charge in [-0.1, -0.05) is 12.1 Å². The summed E-state index contributed by atoms with van der Waals surface area (Å²) in [7, 11) is 2.81. The summed E-state index contributed by atoms with van der Waals surface area (Å²) in [5.41, 5.74) is 1.05. The van der Waals surface area contributed by atoms with Crippen LogP contribution in [0.2, 0.25) is 0 Å². The second-order valence-corrected chi connectivity index (χ2v) is 6.63. The lowest BCUT2D eigenvalue weighted by Crippen LogP contribution is -2.19. The summed E-state index contributed by atoms with van der Waals surface area (Å²) in [6, 6.07) is 9.03. The van der Waals surface area contributed by atoms with Gasteiger partial charge in [-0.05, 0) is 35.4 Å². The Morgan fingerprint density at radius 2 is 1.14 bits per heavy atom. The van der Waals surface area contributed by atoms with E-state index in [-0.39, 0.29) is 23.0 Å². The summed E-state index contributed by atoms with van der Waals surface area (Å²) in [5, 5.41) is 19.6. The fourth-order valence-electron chi connectivity index (χ4n) is 3.76. The van der Waals surface area contributed by atoms with Gasteiger partial charge >= 0.3 is 11.9 Å². The number of ether oxygens (including phenoxy) is 4. The highest BCUT2D eigenvalue weighted by molar-refractivity contribution is 5.89. The van der Waals surface area contributed by atoms with Crippen molar-refractivity contribution in [2.75, 3.05) is 14.2 Å². The fraction of sp³-hybridized carbons (Fsp3) is 0.300. The normalized spacial score (nSPS) is 25.8. The fourth-order valence-corrected chi connectivity index (χ4v) is 3.76. The third-order valence-electron chi connectivity index (χ3n) is 5.13. The van der Waals surface area contributed by atoms with E-state index >= 15 is 0 Å². The summed E-state index contributed by atoms with van der Waals surface area (Å²) in [4.78, 5) is 25.2. The van der Waals surface area contributed by atoms with Gasteiger partial charge in [0.2, 0.25) is 0 Å². The van der Waals surface area contributed by atoms with Gasteiger partial charge in [-0.2, -0.15) is 0 Å². The van der Waals surface area contributed by atoms with Crippen LogP contribution in [0.25, 0.3) is 0 Å². The highest BCUT2D eigenvalue weighted by atomic mass is 16.6.